The Morgan fingerprint density at radius 1 is 1.03 bits per heavy atom. The van der Waals surface area contributed by atoms with Gasteiger partial charge in [0.1, 0.15) is 24.1 Å². The number of nitriles is 2. The molecule has 0 unspecified atom stereocenters. The molecule has 3 aromatic heterocycles. The van der Waals surface area contributed by atoms with Gasteiger partial charge in [-0.05, 0) is 29.8 Å². The molecule has 0 bridgehead atoms. The monoisotopic (exact) mass is 545 g/mol. The molecule has 0 radical (unpaired) electrons. The van der Waals surface area contributed by atoms with Crippen molar-refractivity contribution in [2.75, 3.05) is 10.6 Å². The van der Waals surface area contributed by atoms with Crippen LogP contribution in [0.1, 0.15) is 22.9 Å². The molecule has 1 atom stereocenters. The Hall–Kier alpha value is -5.20. The molecule has 39 heavy (non-hydrogen) atoms. The molecule has 0 fully saturated rings. The molecule has 0 aliphatic rings. The lowest BCUT2D eigenvalue weighted by Gasteiger charge is -2.20. The maximum Gasteiger partial charge on any atom is 0.249 e. The van der Waals surface area contributed by atoms with Gasteiger partial charge < -0.3 is 10.6 Å². The minimum Gasteiger partial charge on any atom is -0.371 e. The molecule has 0 aliphatic carbocycles. The third-order valence-corrected chi connectivity index (χ3v) is 5.93. The first-order valence-corrected chi connectivity index (χ1v) is 11.6. The molecule has 9 nitrogen and oxygen atoms in total. The highest BCUT2D eigenvalue weighted by molar-refractivity contribution is 6.32. The van der Waals surface area contributed by atoms with Crippen molar-refractivity contribution in [2.45, 2.75) is 12.6 Å². The molecule has 2 aromatic carbocycles. The normalized spacial score (nSPS) is 11.5. The Morgan fingerprint density at radius 3 is 2.54 bits per heavy atom. The van der Waals surface area contributed by atoms with E-state index >= 15 is 0 Å². The van der Waals surface area contributed by atoms with Crippen LogP contribution in [0.25, 0.3) is 10.9 Å². The zero-order chi connectivity index (χ0) is 27.5. The fraction of sp³-hybridized carbons (Fsp3) is 0.0769. The van der Waals surface area contributed by atoms with Crippen LogP contribution < -0.4 is 10.6 Å². The lowest BCUT2D eigenvalue weighted by atomic mass is 10.0. The first kappa shape index (κ1) is 25.4. The smallest absolute Gasteiger partial charge is 0.249 e. The second-order valence-electron chi connectivity index (χ2n) is 8.26. The van der Waals surface area contributed by atoms with Gasteiger partial charge in [-0.1, -0.05) is 28.9 Å². The molecule has 0 aliphatic heterocycles. The highest BCUT2D eigenvalue weighted by atomic mass is 35.5. The van der Waals surface area contributed by atoms with Crippen molar-refractivity contribution in [3.05, 3.63) is 100 Å². The van der Waals surface area contributed by atoms with Gasteiger partial charge in [-0.3, -0.25) is 4.98 Å². The Bertz CT molecular complexity index is 1780. The fourth-order valence-corrected chi connectivity index (χ4v) is 4.18. The van der Waals surface area contributed by atoms with Crippen LogP contribution >= 0.6 is 11.6 Å². The van der Waals surface area contributed by atoms with E-state index in [2.05, 4.69) is 30.9 Å². The van der Waals surface area contributed by atoms with Crippen LogP contribution in [0.3, 0.4) is 0 Å². The molecule has 192 valence electrons. The highest BCUT2D eigenvalue weighted by Gasteiger charge is 2.21. The van der Waals surface area contributed by atoms with Crippen LogP contribution in [0.2, 0.25) is 5.02 Å². The fourth-order valence-electron chi connectivity index (χ4n) is 3.97. The van der Waals surface area contributed by atoms with Crippen molar-refractivity contribution >= 4 is 39.6 Å². The first-order valence-electron chi connectivity index (χ1n) is 11.3. The number of nitrogens with one attached hydrogen (secondary N) is 2. The maximum atomic E-state index is 13.8. The Labute approximate surface area is 224 Å². The highest BCUT2D eigenvalue weighted by Crippen LogP contribution is 2.37. The van der Waals surface area contributed by atoms with Gasteiger partial charge in [0, 0.05) is 22.7 Å². The molecular formula is C26H15ClF3N9. The molecule has 0 saturated heterocycles. The van der Waals surface area contributed by atoms with Gasteiger partial charge in [-0.2, -0.15) is 14.9 Å². The van der Waals surface area contributed by atoms with E-state index in [1.807, 2.05) is 12.1 Å². The number of fused-ring (bicyclic) bond motifs is 1. The summed E-state index contributed by atoms with van der Waals surface area (Å²) >= 11 is 6.46. The van der Waals surface area contributed by atoms with E-state index < -0.39 is 23.6 Å². The van der Waals surface area contributed by atoms with E-state index in [0.717, 1.165) is 12.3 Å². The van der Waals surface area contributed by atoms with Gasteiger partial charge in [-0.15, -0.1) is 5.10 Å². The molecule has 0 spiro atoms. The summed E-state index contributed by atoms with van der Waals surface area (Å²) in [5.41, 5.74) is 2.35. The Morgan fingerprint density at radius 2 is 1.82 bits per heavy atom. The predicted octanol–water partition coefficient (Wildman–Crippen LogP) is 5.63. The maximum absolute atomic E-state index is 13.8. The van der Waals surface area contributed by atoms with Crippen LogP contribution in [-0.2, 0) is 6.54 Å². The SMILES string of the molecule is N#CCn1cc([C@@H](Nc2cc(Cl)cc3c(Nc4cnc(F)c(F)c4)c(C#N)cnc23)c2ccc(F)cc2)nn1. The Balaban J connectivity index is 1.63. The van der Waals surface area contributed by atoms with Crippen molar-refractivity contribution in [3.63, 3.8) is 0 Å². The number of pyridine rings is 2. The van der Waals surface area contributed by atoms with Gasteiger partial charge in [0.05, 0.1) is 52.6 Å². The van der Waals surface area contributed by atoms with E-state index in [1.54, 1.807) is 30.5 Å². The van der Waals surface area contributed by atoms with Crippen molar-refractivity contribution < 1.29 is 13.2 Å². The minimum absolute atomic E-state index is 0.0183. The number of aromatic nitrogens is 5. The van der Waals surface area contributed by atoms with Crippen LogP contribution in [-0.4, -0.2) is 25.0 Å². The van der Waals surface area contributed by atoms with Crippen LogP contribution in [0.5, 0.6) is 0 Å². The van der Waals surface area contributed by atoms with E-state index in [9.17, 15) is 18.4 Å². The second kappa shape index (κ2) is 10.7. The summed E-state index contributed by atoms with van der Waals surface area (Å²) in [5, 5.41) is 33.8. The van der Waals surface area contributed by atoms with Crippen molar-refractivity contribution in [3.8, 4) is 12.1 Å². The quantitative estimate of drug-likeness (QED) is 0.252. The summed E-state index contributed by atoms with van der Waals surface area (Å²) in [4.78, 5) is 7.81. The zero-order valence-corrected chi connectivity index (χ0v) is 20.5. The number of rotatable bonds is 7. The van der Waals surface area contributed by atoms with Gasteiger partial charge in [0.15, 0.2) is 5.82 Å². The summed E-state index contributed by atoms with van der Waals surface area (Å²) in [5.74, 6) is -2.84. The molecule has 3 heterocycles. The molecule has 0 amide bonds. The second-order valence-corrected chi connectivity index (χ2v) is 8.69. The van der Waals surface area contributed by atoms with E-state index in [-0.39, 0.29) is 28.5 Å². The van der Waals surface area contributed by atoms with Gasteiger partial charge in [0.25, 0.3) is 0 Å². The summed E-state index contributed by atoms with van der Waals surface area (Å²) < 4.78 is 42.2. The molecule has 5 aromatic rings. The van der Waals surface area contributed by atoms with Crippen molar-refractivity contribution in [1.29, 1.82) is 10.5 Å². The molecule has 5 rings (SSSR count). The summed E-state index contributed by atoms with van der Waals surface area (Å²) in [7, 11) is 0. The molecule has 2 N–H and O–H groups in total. The summed E-state index contributed by atoms with van der Waals surface area (Å²) in [6.45, 7) is -0.0183. The van der Waals surface area contributed by atoms with Crippen LogP contribution in [0.15, 0.2) is 61.1 Å². The lowest BCUT2D eigenvalue weighted by Crippen LogP contribution is -2.14. The number of hydrogen-bond acceptors (Lipinski definition) is 8. The number of anilines is 3. The van der Waals surface area contributed by atoms with Crippen molar-refractivity contribution in [2.24, 2.45) is 0 Å². The number of hydrogen-bond donors (Lipinski definition) is 2. The van der Waals surface area contributed by atoms with Crippen molar-refractivity contribution in [1.82, 2.24) is 25.0 Å². The average Bonchev–Trinajstić information content (AvgIpc) is 3.38. The van der Waals surface area contributed by atoms with E-state index in [4.69, 9.17) is 16.9 Å². The molecule has 0 saturated carbocycles. The van der Waals surface area contributed by atoms with Crippen LogP contribution in [0.4, 0.5) is 30.2 Å². The average molecular weight is 546 g/mol. The third kappa shape index (κ3) is 5.28. The minimum atomic E-state index is -1.26. The molecule has 13 heteroatoms. The standard InChI is InChI=1S/C26H15ClF3N9/c27-16-7-19-23(35-18-9-20(29)26(30)34-12-18)15(10-32)11-33-25(19)21(8-16)36-24(14-1-3-17(28)4-2-14)22-13-39(6-5-31)38-37-22/h1-4,7-9,11-13,24,36H,6H2,(H,33,35)/t24-/m0/s1. The van der Waals surface area contributed by atoms with Gasteiger partial charge >= 0.3 is 0 Å². The number of benzene rings is 2. The summed E-state index contributed by atoms with van der Waals surface area (Å²) in [6, 6.07) is 13.2. The lowest BCUT2D eigenvalue weighted by molar-refractivity contribution is 0.480. The molecular weight excluding hydrogens is 531 g/mol. The Kier molecular flexibility index (Phi) is 6.95. The number of halogens is 4. The first-order chi connectivity index (χ1) is 18.9. The third-order valence-electron chi connectivity index (χ3n) is 5.71. The summed E-state index contributed by atoms with van der Waals surface area (Å²) in [6.07, 6.45) is 4.00. The van der Waals surface area contributed by atoms with Crippen LogP contribution in [0, 0.1) is 40.2 Å². The largest absolute Gasteiger partial charge is 0.371 e. The van der Waals surface area contributed by atoms with Gasteiger partial charge in [0.2, 0.25) is 5.95 Å². The van der Waals surface area contributed by atoms with E-state index in [0.29, 0.717) is 27.8 Å². The van der Waals surface area contributed by atoms with Gasteiger partial charge in [-0.25, -0.2) is 18.4 Å². The zero-order valence-electron chi connectivity index (χ0n) is 19.7. The predicted molar refractivity (Wildman–Crippen MR) is 136 cm³/mol. The van der Waals surface area contributed by atoms with E-state index in [1.165, 1.54) is 23.0 Å². The number of nitrogens with zero attached hydrogens (tertiary/aromatic N) is 7. The topological polar surface area (TPSA) is 128 Å².